The first-order chi connectivity index (χ1) is 12.6. The van der Waals surface area contributed by atoms with Crippen molar-refractivity contribution in [2.45, 2.75) is 14.4 Å². The molecule has 6 heteroatoms. The first kappa shape index (κ1) is 18.3. The second-order valence-electron chi connectivity index (χ2n) is 5.89. The van der Waals surface area contributed by atoms with Gasteiger partial charge in [-0.1, -0.05) is 37.8 Å². The third-order valence-electron chi connectivity index (χ3n) is 4.13. The topological polar surface area (TPSA) is 59.8 Å². The number of hydrogen-bond acceptors (Lipinski definition) is 3. The number of aryl methyl sites for hydroxylation is 1. The minimum atomic E-state index is -0.356. The monoisotopic (exact) mass is 362 g/mol. The number of hydrogen-bond donors (Lipinski definition) is 1. The van der Waals surface area contributed by atoms with Gasteiger partial charge in [0.05, 0.1) is 16.8 Å². The average Bonchev–Trinajstić information content (AvgIpc) is 3.04. The molecule has 136 valence electrons. The number of para-hydroxylation sites is 1. The summed E-state index contributed by atoms with van der Waals surface area (Å²) in [5.41, 5.74) is 5.18. The fourth-order valence-electron chi connectivity index (χ4n) is 2.81. The van der Waals surface area contributed by atoms with Gasteiger partial charge in [0, 0.05) is 23.3 Å². The van der Waals surface area contributed by atoms with E-state index in [4.69, 9.17) is 0 Å². The predicted octanol–water partition coefficient (Wildman–Crippen LogP) is 4.57. The number of carbonyl (C=O) groups excluding carboxylic acids is 1. The number of nitrogens with zero attached hydrogens (tertiary/aromatic N) is 3. The van der Waals surface area contributed by atoms with Crippen LogP contribution in [0.5, 0.6) is 0 Å². The van der Waals surface area contributed by atoms with E-state index in [0.29, 0.717) is 22.6 Å². The van der Waals surface area contributed by atoms with Crippen LogP contribution in [0.2, 0.25) is 0 Å². The van der Waals surface area contributed by atoms with Crippen molar-refractivity contribution >= 4 is 16.8 Å². The van der Waals surface area contributed by atoms with Crippen molar-refractivity contribution in [1.29, 1.82) is 0 Å². The molecule has 0 radical (unpaired) electrons. The van der Waals surface area contributed by atoms with Gasteiger partial charge in [-0.05, 0) is 31.2 Å². The standard InChI is InChI=1S/C20H15FN4O.CH4/c1-13-17(12-22-19(23-13)15-6-4-7-16(21)11-15)20(26)24-25-10-9-14-5-2-3-8-18(14)25;/h2-12H,1H3,(H,24,26);1H4. The molecular formula is C21H19FN4O. The van der Waals surface area contributed by atoms with Crippen molar-refractivity contribution in [3.8, 4) is 11.4 Å². The van der Waals surface area contributed by atoms with Gasteiger partial charge in [0.1, 0.15) is 5.82 Å². The maximum atomic E-state index is 13.4. The Hall–Kier alpha value is -3.54. The molecule has 0 aliphatic carbocycles. The molecule has 4 rings (SSSR count). The molecule has 2 aromatic carbocycles. The molecule has 4 aromatic rings. The molecule has 0 saturated carbocycles. The van der Waals surface area contributed by atoms with Crippen molar-refractivity contribution in [3.63, 3.8) is 0 Å². The van der Waals surface area contributed by atoms with E-state index >= 15 is 0 Å². The second kappa shape index (κ2) is 7.37. The summed E-state index contributed by atoms with van der Waals surface area (Å²) in [6, 6.07) is 15.7. The minimum Gasteiger partial charge on any atom is -0.267 e. The van der Waals surface area contributed by atoms with E-state index in [1.807, 2.05) is 30.3 Å². The Labute approximate surface area is 156 Å². The van der Waals surface area contributed by atoms with E-state index in [1.165, 1.54) is 18.3 Å². The van der Waals surface area contributed by atoms with Crippen LogP contribution in [0.3, 0.4) is 0 Å². The van der Waals surface area contributed by atoms with Gasteiger partial charge in [0.2, 0.25) is 0 Å². The van der Waals surface area contributed by atoms with Crippen LogP contribution in [0.4, 0.5) is 4.39 Å². The van der Waals surface area contributed by atoms with E-state index in [-0.39, 0.29) is 19.2 Å². The minimum absolute atomic E-state index is 0. The van der Waals surface area contributed by atoms with Crippen molar-refractivity contribution in [2.75, 3.05) is 5.43 Å². The maximum absolute atomic E-state index is 13.4. The van der Waals surface area contributed by atoms with Gasteiger partial charge in [-0.25, -0.2) is 14.4 Å². The van der Waals surface area contributed by atoms with Gasteiger partial charge in [0.15, 0.2) is 5.82 Å². The number of nitrogens with one attached hydrogen (secondary N) is 1. The molecule has 1 amide bonds. The molecule has 0 aliphatic rings. The Bertz CT molecular complexity index is 1120. The number of fused-ring (bicyclic) bond motifs is 1. The Morgan fingerprint density at radius 3 is 2.70 bits per heavy atom. The van der Waals surface area contributed by atoms with Crippen LogP contribution in [0.15, 0.2) is 67.0 Å². The third-order valence-corrected chi connectivity index (χ3v) is 4.13. The quantitative estimate of drug-likeness (QED) is 0.581. The predicted molar refractivity (Wildman–Crippen MR) is 105 cm³/mol. The highest BCUT2D eigenvalue weighted by atomic mass is 19.1. The van der Waals surface area contributed by atoms with Crippen LogP contribution in [0, 0.1) is 12.7 Å². The van der Waals surface area contributed by atoms with Crippen LogP contribution >= 0.6 is 0 Å². The lowest BCUT2D eigenvalue weighted by Gasteiger charge is -2.10. The lowest BCUT2D eigenvalue weighted by atomic mass is 10.2. The molecule has 2 heterocycles. The van der Waals surface area contributed by atoms with E-state index < -0.39 is 0 Å². The largest absolute Gasteiger partial charge is 0.273 e. The highest BCUT2D eigenvalue weighted by molar-refractivity contribution is 6.01. The summed E-state index contributed by atoms with van der Waals surface area (Å²) in [5, 5.41) is 1.03. The molecule has 0 bridgehead atoms. The molecular weight excluding hydrogens is 343 g/mol. The first-order valence-electron chi connectivity index (χ1n) is 8.09. The Morgan fingerprint density at radius 2 is 1.93 bits per heavy atom. The van der Waals surface area contributed by atoms with Gasteiger partial charge in [-0.2, -0.15) is 0 Å². The summed E-state index contributed by atoms with van der Waals surface area (Å²) in [5.74, 6) is -0.287. The molecule has 27 heavy (non-hydrogen) atoms. The molecule has 0 saturated heterocycles. The first-order valence-corrected chi connectivity index (χ1v) is 8.09. The Balaban J connectivity index is 0.00000210. The second-order valence-corrected chi connectivity index (χ2v) is 5.89. The van der Waals surface area contributed by atoms with E-state index in [1.54, 1.807) is 29.9 Å². The number of carbonyl (C=O) groups is 1. The van der Waals surface area contributed by atoms with E-state index in [2.05, 4.69) is 15.4 Å². The fraction of sp³-hybridized carbons (Fsp3) is 0.0952. The van der Waals surface area contributed by atoms with E-state index in [9.17, 15) is 9.18 Å². The molecule has 5 nitrogen and oxygen atoms in total. The highest BCUT2D eigenvalue weighted by Gasteiger charge is 2.14. The maximum Gasteiger partial charge on any atom is 0.273 e. The summed E-state index contributed by atoms with van der Waals surface area (Å²) < 4.78 is 15.0. The number of benzene rings is 2. The molecule has 1 N–H and O–H groups in total. The third kappa shape index (κ3) is 3.55. The average molecular weight is 362 g/mol. The summed E-state index contributed by atoms with van der Waals surface area (Å²) in [6.07, 6.45) is 3.25. The molecule has 2 aromatic heterocycles. The fourth-order valence-corrected chi connectivity index (χ4v) is 2.81. The van der Waals surface area contributed by atoms with E-state index in [0.717, 1.165) is 10.9 Å². The lowest BCUT2D eigenvalue weighted by Crippen LogP contribution is -2.23. The van der Waals surface area contributed by atoms with Crippen LogP contribution < -0.4 is 5.43 Å². The lowest BCUT2D eigenvalue weighted by molar-refractivity contribution is 0.101. The van der Waals surface area contributed by atoms with Gasteiger partial charge in [-0.15, -0.1) is 0 Å². The smallest absolute Gasteiger partial charge is 0.267 e. The van der Waals surface area contributed by atoms with Crippen molar-refractivity contribution < 1.29 is 9.18 Å². The Kier molecular flexibility index (Phi) is 4.98. The van der Waals surface area contributed by atoms with Crippen LogP contribution in [-0.2, 0) is 0 Å². The zero-order valence-electron chi connectivity index (χ0n) is 14.0. The number of rotatable bonds is 3. The van der Waals surface area contributed by atoms with Crippen molar-refractivity contribution in [2.24, 2.45) is 0 Å². The summed E-state index contributed by atoms with van der Waals surface area (Å²) in [7, 11) is 0. The van der Waals surface area contributed by atoms with Gasteiger partial charge < -0.3 is 0 Å². The normalized spacial score (nSPS) is 10.4. The molecule has 0 fully saturated rings. The van der Waals surface area contributed by atoms with Crippen LogP contribution in [0.1, 0.15) is 23.5 Å². The molecule has 0 unspecified atom stereocenters. The van der Waals surface area contributed by atoms with Gasteiger partial charge >= 0.3 is 0 Å². The van der Waals surface area contributed by atoms with Crippen molar-refractivity contribution in [3.05, 3.63) is 84.1 Å². The number of amides is 1. The van der Waals surface area contributed by atoms with Gasteiger partial charge in [0.25, 0.3) is 5.91 Å². The molecule has 0 spiro atoms. The van der Waals surface area contributed by atoms with Gasteiger partial charge in [-0.3, -0.25) is 14.9 Å². The van der Waals surface area contributed by atoms with Crippen LogP contribution in [0.25, 0.3) is 22.3 Å². The summed E-state index contributed by atoms with van der Waals surface area (Å²) in [4.78, 5) is 21.2. The van der Waals surface area contributed by atoms with Crippen LogP contribution in [-0.4, -0.2) is 20.6 Å². The zero-order valence-corrected chi connectivity index (χ0v) is 14.0. The Morgan fingerprint density at radius 1 is 1.11 bits per heavy atom. The highest BCUT2D eigenvalue weighted by Crippen LogP contribution is 2.18. The zero-order chi connectivity index (χ0) is 18.1. The van der Waals surface area contributed by atoms with Crippen molar-refractivity contribution in [1.82, 2.24) is 14.6 Å². The molecule has 0 atom stereocenters. The SMILES string of the molecule is C.Cc1nc(-c2cccc(F)c2)ncc1C(=O)Nn1ccc2ccccc21. The number of halogens is 1. The molecule has 0 aliphatic heterocycles. The summed E-state index contributed by atoms with van der Waals surface area (Å²) >= 11 is 0. The number of aromatic nitrogens is 3. The summed E-state index contributed by atoms with van der Waals surface area (Å²) in [6.45, 7) is 1.73.